The molecule has 0 radical (unpaired) electrons. The molecule has 1 aromatic carbocycles. The quantitative estimate of drug-likeness (QED) is 0.895. The van der Waals surface area contributed by atoms with Gasteiger partial charge in [0.1, 0.15) is 5.75 Å². The Morgan fingerprint density at radius 3 is 2.55 bits per heavy atom. The highest BCUT2D eigenvalue weighted by atomic mass is 16.5. The minimum atomic E-state index is -0.0307. The molecule has 4 nitrogen and oxygen atoms in total. The van der Waals surface area contributed by atoms with Gasteiger partial charge >= 0.3 is 0 Å². The maximum absolute atomic E-state index is 11.9. The molecule has 1 aliphatic rings. The summed E-state index contributed by atoms with van der Waals surface area (Å²) in [4.78, 5) is 14.3. The summed E-state index contributed by atoms with van der Waals surface area (Å²) < 4.78 is 5.45. The summed E-state index contributed by atoms with van der Waals surface area (Å²) in [6.45, 7) is 6.64. The Bertz CT molecular complexity index is 412. The van der Waals surface area contributed by atoms with Gasteiger partial charge in [-0.25, -0.2) is 0 Å². The number of rotatable bonds is 5. The van der Waals surface area contributed by atoms with Crippen LogP contribution in [-0.4, -0.2) is 42.6 Å². The first-order valence-corrected chi connectivity index (χ1v) is 7.36. The van der Waals surface area contributed by atoms with Crippen molar-refractivity contribution in [2.45, 2.75) is 38.8 Å². The molecule has 0 bridgehead atoms. The standard InChI is InChI=1S/C16H24N2O2/c1-13(2)18-10-8-14(9-11-18)17-16(19)12-20-15-6-4-3-5-7-15/h3-7,13-14H,8-12H2,1-2H3,(H,17,19). The molecule has 1 aliphatic heterocycles. The molecule has 110 valence electrons. The van der Waals surface area contributed by atoms with Crippen molar-refractivity contribution < 1.29 is 9.53 Å². The molecule has 4 heteroatoms. The lowest BCUT2D eigenvalue weighted by atomic mass is 10.0. The third-order valence-corrected chi connectivity index (χ3v) is 3.74. The van der Waals surface area contributed by atoms with Crippen LogP contribution in [0.5, 0.6) is 5.75 Å². The van der Waals surface area contributed by atoms with Gasteiger partial charge in [-0.05, 0) is 38.8 Å². The molecule has 0 atom stereocenters. The number of amides is 1. The zero-order valence-corrected chi connectivity index (χ0v) is 12.3. The maximum atomic E-state index is 11.9. The van der Waals surface area contributed by atoms with E-state index in [2.05, 4.69) is 24.1 Å². The zero-order chi connectivity index (χ0) is 14.4. The number of ether oxygens (including phenoxy) is 1. The van der Waals surface area contributed by atoms with Crippen molar-refractivity contribution >= 4 is 5.91 Å². The van der Waals surface area contributed by atoms with Crippen molar-refractivity contribution in [2.24, 2.45) is 0 Å². The van der Waals surface area contributed by atoms with Crippen LogP contribution in [0.15, 0.2) is 30.3 Å². The van der Waals surface area contributed by atoms with Crippen LogP contribution in [-0.2, 0) is 4.79 Å². The van der Waals surface area contributed by atoms with Gasteiger partial charge in [0.25, 0.3) is 5.91 Å². The van der Waals surface area contributed by atoms with E-state index in [1.807, 2.05) is 30.3 Å². The summed E-state index contributed by atoms with van der Waals surface area (Å²) in [5.74, 6) is 0.703. The highest BCUT2D eigenvalue weighted by molar-refractivity contribution is 5.77. The Labute approximate surface area is 121 Å². The van der Waals surface area contributed by atoms with Crippen LogP contribution in [0, 0.1) is 0 Å². The van der Waals surface area contributed by atoms with Gasteiger partial charge in [-0.3, -0.25) is 4.79 Å². The van der Waals surface area contributed by atoms with Crippen molar-refractivity contribution in [3.05, 3.63) is 30.3 Å². The number of piperidine rings is 1. The number of nitrogens with one attached hydrogen (secondary N) is 1. The minimum absolute atomic E-state index is 0.0307. The van der Waals surface area contributed by atoms with Gasteiger partial charge in [-0.1, -0.05) is 18.2 Å². The number of nitrogens with zero attached hydrogens (tertiary/aromatic N) is 1. The Hall–Kier alpha value is -1.55. The highest BCUT2D eigenvalue weighted by Crippen LogP contribution is 2.13. The molecule has 0 saturated carbocycles. The van der Waals surface area contributed by atoms with Crippen molar-refractivity contribution in [2.75, 3.05) is 19.7 Å². The Kier molecular flexibility index (Phi) is 5.41. The van der Waals surface area contributed by atoms with Gasteiger partial charge in [0.2, 0.25) is 0 Å². The fraction of sp³-hybridized carbons (Fsp3) is 0.562. The SMILES string of the molecule is CC(C)N1CCC(NC(=O)COc2ccccc2)CC1. The number of carbonyl (C=O) groups excluding carboxylic acids is 1. The van der Waals surface area contributed by atoms with Crippen molar-refractivity contribution in [1.29, 1.82) is 0 Å². The van der Waals surface area contributed by atoms with Gasteiger partial charge in [-0.2, -0.15) is 0 Å². The Morgan fingerprint density at radius 2 is 1.95 bits per heavy atom. The number of hydrogen-bond donors (Lipinski definition) is 1. The minimum Gasteiger partial charge on any atom is -0.484 e. The molecule has 0 aliphatic carbocycles. The summed E-state index contributed by atoms with van der Waals surface area (Å²) in [6, 6.07) is 10.3. The van der Waals surface area contributed by atoms with Gasteiger partial charge in [0.15, 0.2) is 6.61 Å². The molecular formula is C16H24N2O2. The third-order valence-electron chi connectivity index (χ3n) is 3.74. The topological polar surface area (TPSA) is 41.6 Å². The normalized spacial score (nSPS) is 17.1. The fourth-order valence-corrected chi connectivity index (χ4v) is 2.50. The first kappa shape index (κ1) is 14.9. The molecular weight excluding hydrogens is 252 g/mol. The van der Waals surface area contributed by atoms with E-state index >= 15 is 0 Å². The monoisotopic (exact) mass is 276 g/mol. The lowest BCUT2D eigenvalue weighted by Crippen LogP contribution is -2.47. The molecule has 1 N–H and O–H groups in total. The summed E-state index contributed by atoms with van der Waals surface area (Å²) in [6.07, 6.45) is 2.05. The molecule has 0 unspecified atom stereocenters. The number of benzene rings is 1. The first-order chi connectivity index (χ1) is 9.65. The highest BCUT2D eigenvalue weighted by Gasteiger charge is 2.21. The fourth-order valence-electron chi connectivity index (χ4n) is 2.50. The van der Waals surface area contributed by atoms with Crippen molar-refractivity contribution in [1.82, 2.24) is 10.2 Å². The van der Waals surface area contributed by atoms with E-state index in [9.17, 15) is 4.79 Å². The van der Waals surface area contributed by atoms with Gasteiger partial charge in [0, 0.05) is 25.2 Å². The summed E-state index contributed by atoms with van der Waals surface area (Å²) >= 11 is 0. The Balaban J connectivity index is 1.68. The summed E-state index contributed by atoms with van der Waals surface area (Å²) in [5.41, 5.74) is 0. The van der Waals surface area contributed by atoms with E-state index < -0.39 is 0 Å². The molecule has 1 amide bonds. The van der Waals surface area contributed by atoms with Gasteiger partial charge in [0.05, 0.1) is 0 Å². The summed E-state index contributed by atoms with van der Waals surface area (Å²) in [7, 11) is 0. The van der Waals surface area contributed by atoms with E-state index in [4.69, 9.17) is 4.74 Å². The molecule has 1 heterocycles. The number of para-hydroxylation sites is 1. The average molecular weight is 276 g/mol. The van der Waals surface area contributed by atoms with Crippen LogP contribution >= 0.6 is 0 Å². The van der Waals surface area contributed by atoms with E-state index in [0.717, 1.165) is 31.7 Å². The maximum Gasteiger partial charge on any atom is 0.258 e. The van der Waals surface area contributed by atoms with Crippen LogP contribution in [0.4, 0.5) is 0 Å². The van der Waals surface area contributed by atoms with Crippen LogP contribution in [0.1, 0.15) is 26.7 Å². The second-order valence-electron chi connectivity index (χ2n) is 5.57. The average Bonchev–Trinajstić information content (AvgIpc) is 2.47. The molecule has 2 rings (SSSR count). The molecule has 1 aromatic rings. The van der Waals surface area contributed by atoms with E-state index in [1.54, 1.807) is 0 Å². The predicted octanol–water partition coefficient (Wildman–Crippen LogP) is 2.05. The van der Waals surface area contributed by atoms with Crippen LogP contribution in [0.3, 0.4) is 0 Å². The number of likely N-dealkylation sites (tertiary alicyclic amines) is 1. The molecule has 0 aromatic heterocycles. The van der Waals surface area contributed by atoms with Gasteiger partial charge < -0.3 is 15.0 Å². The molecule has 20 heavy (non-hydrogen) atoms. The Morgan fingerprint density at radius 1 is 1.30 bits per heavy atom. The zero-order valence-electron chi connectivity index (χ0n) is 12.3. The second-order valence-corrected chi connectivity index (χ2v) is 5.57. The smallest absolute Gasteiger partial charge is 0.258 e. The van der Waals surface area contributed by atoms with Crippen molar-refractivity contribution in [3.8, 4) is 5.75 Å². The molecule has 0 spiro atoms. The van der Waals surface area contributed by atoms with Gasteiger partial charge in [-0.15, -0.1) is 0 Å². The van der Waals surface area contributed by atoms with Crippen LogP contribution in [0.2, 0.25) is 0 Å². The number of carbonyl (C=O) groups is 1. The summed E-state index contributed by atoms with van der Waals surface area (Å²) in [5, 5.41) is 3.06. The second kappa shape index (κ2) is 7.29. The predicted molar refractivity (Wildman–Crippen MR) is 79.8 cm³/mol. The first-order valence-electron chi connectivity index (χ1n) is 7.36. The van der Waals surface area contributed by atoms with Crippen LogP contribution < -0.4 is 10.1 Å². The van der Waals surface area contributed by atoms with Crippen molar-refractivity contribution in [3.63, 3.8) is 0 Å². The lowest BCUT2D eigenvalue weighted by molar-refractivity contribution is -0.124. The van der Waals surface area contributed by atoms with Crippen LogP contribution in [0.25, 0.3) is 0 Å². The third kappa shape index (κ3) is 4.53. The van der Waals surface area contributed by atoms with E-state index in [0.29, 0.717) is 6.04 Å². The number of hydrogen-bond acceptors (Lipinski definition) is 3. The van der Waals surface area contributed by atoms with E-state index in [-0.39, 0.29) is 18.6 Å². The lowest BCUT2D eigenvalue weighted by Gasteiger charge is -2.34. The largest absolute Gasteiger partial charge is 0.484 e. The molecule has 1 saturated heterocycles. The molecule has 1 fully saturated rings. The van der Waals surface area contributed by atoms with E-state index in [1.165, 1.54) is 0 Å².